The minimum Gasteiger partial charge on any atom is -0.481 e. The molecule has 26 heavy (non-hydrogen) atoms. The molecule has 5 atom stereocenters. The number of rotatable bonds is 13. The highest BCUT2D eigenvalue weighted by Crippen LogP contribution is 2.27. The largest absolute Gasteiger partial charge is 0.481 e. The van der Waals surface area contributed by atoms with Gasteiger partial charge in [-0.15, -0.1) is 0 Å². The zero-order chi connectivity index (χ0) is 19.4. The van der Waals surface area contributed by atoms with Crippen LogP contribution in [0.15, 0.2) is 24.3 Å². The normalized spacial score (nSPS) is 25.9. The number of allylic oxidation sites excluding steroid dienone is 1. The van der Waals surface area contributed by atoms with E-state index in [1.165, 1.54) is 18.9 Å². The van der Waals surface area contributed by atoms with E-state index in [2.05, 4.69) is 13.0 Å². The molecule has 0 aromatic carbocycles. The molecule has 0 spiro atoms. The van der Waals surface area contributed by atoms with Crippen molar-refractivity contribution < 1.29 is 30.0 Å². The van der Waals surface area contributed by atoms with E-state index in [-0.39, 0.29) is 6.42 Å². The van der Waals surface area contributed by atoms with Crippen LogP contribution in [0.2, 0.25) is 0 Å². The zero-order valence-electron chi connectivity index (χ0n) is 15.7. The molecule has 1 aliphatic heterocycles. The number of hydrogen-bond acceptors (Lipinski definition) is 5. The minimum atomic E-state index is -0.905. The van der Waals surface area contributed by atoms with Gasteiger partial charge in [0.25, 0.3) is 0 Å². The van der Waals surface area contributed by atoms with Crippen LogP contribution in [-0.2, 0) is 9.53 Å². The van der Waals surface area contributed by atoms with Crippen molar-refractivity contribution in [3.8, 4) is 0 Å². The fourth-order valence-electron chi connectivity index (χ4n) is 3.01. The summed E-state index contributed by atoms with van der Waals surface area (Å²) in [6, 6.07) is 0. The highest BCUT2D eigenvalue weighted by molar-refractivity contribution is 5.66. The molecule has 0 aliphatic carbocycles. The number of ether oxygens (including phenoxy) is 1. The molecule has 1 saturated heterocycles. The van der Waals surface area contributed by atoms with Crippen LogP contribution in [0.5, 0.6) is 0 Å². The fraction of sp³-hybridized carbons (Fsp3) is 0.750. The smallest absolute Gasteiger partial charge is 0.303 e. The third-order valence-electron chi connectivity index (χ3n) is 4.56. The second-order valence-electron chi connectivity index (χ2n) is 6.95. The van der Waals surface area contributed by atoms with Crippen molar-refractivity contribution in [3.05, 3.63) is 24.3 Å². The molecule has 6 nitrogen and oxygen atoms in total. The van der Waals surface area contributed by atoms with E-state index < -0.39 is 36.5 Å². The second kappa shape index (κ2) is 13.0. The van der Waals surface area contributed by atoms with Gasteiger partial charge in [-0.25, -0.2) is 0 Å². The van der Waals surface area contributed by atoms with E-state index in [0.717, 1.165) is 12.8 Å². The third kappa shape index (κ3) is 9.48. The molecule has 1 fully saturated rings. The fourth-order valence-corrected chi connectivity index (χ4v) is 3.01. The zero-order valence-corrected chi connectivity index (χ0v) is 15.7. The molecule has 0 unspecified atom stereocenters. The van der Waals surface area contributed by atoms with Gasteiger partial charge in [0.05, 0.1) is 30.5 Å². The van der Waals surface area contributed by atoms with Crippen molar-refractivity contribution in [2.75, 3.05) is 0 Å². The van der Waals surface area contributed by atoms with Crippen LogP contribution in [0.1, 0.15) is 64.7 Å². The number of carboxylic acid groups (broad SMARTS) is 1. The molecule has 0 aromatic heterocycles. The Kier molecular flexibility index (Phi) is 11.4. The summed E-state index contributed by atoms with van der Waals surface area (Å²) in [5.41, 5.74) is 0. The number of hydrogen-bond donors (Lipinski definition) is 4. The monoisotopic (exact) mass is 370 g/mol. The quantitative estimate of drug-likeness (QED) is 0.293. The van der Waals surface area contributed by atoms with Gasteiger partial charge in [0.2, 0.25) is 0 Å². The summed E-state index contributed by atoms with van der Waals surface area (Å²) in [5.74, 6) is -0.870. The highest BCUT2D eigenvalue weighted by Gasteiger charge is 2.36. The Bertz CT molecular complexity index is 448. The van der Waals surface area contributed by atoms with Crippen LogP contribution in [0.3, 0.4) is 0 Å². The Morgan fingerprint density at radius 1 is 1.19 bits per heavy atom. The molecular formula is C20H34O6. The highest BCUT2D eigenvalue weighted by atomic mass is 16.5. The standard InChI is InChI=1S/C20H34O6/c1-2-3-4-5-6-7-9-15(21)12-13-16(22)19-14-17(23)18(26-19)10-8-11-20(24)25/h6-7,12-13,15-19,21-23H,2-5,8-11,14H2,1H3,(H,24,25)/b7-6-,13-12-/t15-,16-,17-,18+,19+/m0/s1. The first kappa shape index (κ1) is 22.8. The van der Waals surface area contributed by atoms with Gasteiger partial charge in [-0.05, 0) is 32.1 Å². The molecule has 1 aliphatic rings. The van der Waals surface area contributed by atoms with Crippen molar-refractivity contribution in [1.29, 1.82) is 0 Å². The van der Waals surface area contributed by atoms with E-state index in [1.807, 2.05) is 6.08 Å². The Morgan fingerprint density at radius 2 is 1.96 bits per heavy atom. The van der Waals surface area contributed by atoms with E-state index in [1.54, 1.807) is 6.08 Å². The molecule has 0 bridgehead atoms. The summed E-state index contributed by atoms with van der Waals surface area (Å²) < 4.78 is 5.65. The summed E-state index contributed by atoms with van der Waals surface area (Å²) in [5, 5.41) is 38.7. The van der Waals surface area contributed by atoms with Crippen molar-refractivity contribution in [1.82, 2.24) is 0 Å². The Balaban J connectivity index is 2.29. The lowest BCUT2D eigenvalue weighted by atomic mass is 10.0. The SMILES string of the molecule is CCCCC/C=C\C[C@H](O)/C=C\[C@H](O)[C@H]1C[C@H](O)[C@@H](CCCC(=O)O)O1. The van der Waals surface area contributed by atoms with E-state index in [4.69, 9.17) is 9.84 Å². The van der Waals surface area contributed by atoms with Crippen molar-refractivity contribution in [3.63, 3.8) is 0 Å². The van der Waals surface area contributed by atoms with Gasteiger partial charge in [-0.1, -0.05) is 44.1 Å². The van der Waals surface area contributed by atoms with E-state index >= 15 is 0 Å². The number of aliphatic hydroxyl groups excluding tert-OH is 3. The first-order chi connectivity index (χ1) is 12.4. The number of aliphatic carboxylic acids is 1. The first-order valence-corrected chi connectivity index (χ1v) is 9.68. The van der Waals surface area contributed by atoms with Crippen LogP contribution in [-0.4, -0.2) is 56.9 Å². The topological polar surface area (TPSA) is 107 Å². The van der Waals surface area contributed by atoms with E-state index in [9.17, 15) is 20.1 Å². The van der Waals surface area contributed by atoms with Crippen LogP contribution < -0.4 is 0 Å². The molecule has 0 radical (unpaired) electrons. The minimum absolute atomic E-state index is 0.0395. The Morgan fingerprint density at radius 3 is 2.65 bits per heavy atom. The van der Waals surface area contributed by atoms with Crippen molar-refractivity contribution >= 4 is 5.97 Å². The van der Waals surface area contributed by atoms with Gasteiger partial charge in [-0.2, -0.15) is 0 Å². The molecular weight excluding hydrogens is 336 g/mol. The van der Waals surface area contributed by atoms with Crippen LogP contribution in [0.25, 0.3) is 0 Å². The molecule has 150 valence electrons. The maximum absolute atomic E-state index is 10.5. The van der Waals surface area contributed by atoms with Gasteiger partial charge in [0.1, 0.15) is 0 Å². The lowest BCUT2D eigenvalue weighted by Gasteiger charge is -2.17. The number of carbonyl (C=O) groups is 1. The Hall–Kier alpha value is -1.21. The maximum Gasteiger partial charge on any atom is 0.303 e. The number of aliphatic hydroxyl groups is 3. The van der Waals surface area contributed by atoms with Gasteiger partial charge in [-0.3, -0.25) is 4.79 Å². The van der Waals surface area contributed by atoms with Gasteiger partial charge >= 0.3 is 5.97 Å². The molecule has 6 heteroatoms. The van der Waals surface area contributed by atoms with Gasteiger partial charge in [0, 0.05) is 12.8 Å². The van der Waals surface area contributed by atoms with Crippen molar-refractivity contribution in [2.24, 2.45) is 0 Å². The lowest BCUT2D eigenvalue weighted by Crippen LogP contribution is -2.25. The molecule has 1 rings (SSSR count). The van der Waals surface area contributed by atoms with Crippen LogP contribution in [0, 0.1) is 0 Å². The van der Waals surface area contributed by atoms with Gasteiger partial charge < -0.3 is 25.2 Å². The molecule has 0 aromatic rings. The average molecular weight is 370 g/mol. The first-order valence-electron chi connectivity index (χ1n) is 9.68. The number of unbranched alkanes of at least 4 members (excludes halogenated alkanes) is 3. The lowest BCUT2D eigenvalue weighted by molar-refractivity contribution is -0.137. The third-order valence-corrected chi connectivity index (χ3v) is 4.56. The summed E-state index contributed by atoms with van der Waals surface area (Å²) in [6.45, 7) is 2.16. The molecule has 4 N–H and O–H groups in total. The molecule has 1 heterocycles. The van der Waals surface area contributed by atoms with E-state index in [0.29, 0.717) is 25.7 Å². The summed E-state index contributed by atoms with van der Waals surface area (Å²) in [4.78, 5) is 10.5. The summed E-state index contributed by atoms with van der Waals surface area (Å²) in [7, 11) is 0. The second-order valence-corrected chi connectivity index (χ2v) is 6.95. The predicted molar refractivity (Wildman–Crippen MR) is 99.8 cm³/mol. The maximum atomic E-state index is 10.5. The van der Waals surface area contributed by atoms with Gasteiger partial charge in [0.15, 0.2) is 0 Å². The molecule has 0 amide bonds. The summed E-state index contributed by atoms with van der Waals surface area (Å²) >= 11 is 0. The predicted octanol–water partition coefficient (Wildman–Crippen LogP) is 2.56. The van der Waals surface area contributed by atoms with Crippen LogP contribution in [0.4, 0.5) is 0 Å². The van der Waals surface area contributed by atoms with Crippen LogP contribution >= 0.6 is 0 Å². The Labute approximate surface area is 156 Å². The molecule has 0 saturated carbocycles. The number of carboxylic acids is 1. The summed E-state index contributed by atoms with van der Waals surface area (Å²) in [6.07, 6.45) is 10.1. The average Bonchev–Trinajstić information content (AvgIpc) is 2.96. The van der Waals surface area contributed by atoms with Crippen molar-refractivity contribution in [2.45, 2.75) is 95.2 Å².